The molecule has 2 rings (SSSR count). The second kappa shape index (κ2) is 4.88. The van der Waals surface area contributed by atoms with Crippen LogP contribution in [0.15, 0.2) is 48.1 Å². The van der Waals surface area contributed by atoms with Gasteiger partial charge in [0.15, 0.2) is 11.6 Å². The third kappa shape index (κ3) is 2.58. The molecule has 0 amide bonds. The van der Waals surface area contributed by atoms with Crippen molar-refractivity contribution in [3.63, 3.8) is 0 Å². The van der Waals surface area contributed by atoms with Crippen LogP contribution in [0.3, 0.4) is 0 Å². The number of ketones is 1. The molecule has 1 unspecified atom stereocenters. The van der Waals surface area contributed by atoms with E-state index in [1.165, 1.54) is 13.2 Å². The summed E-state index contributed by atoms with van der Waals surface area (Å²) in [5.41, 5.74) is 2.36. The molecular formula is C15H16O3. The van der Waals surface area contributed by atoms with Crippen LogP contribution in [0.1, 0.15) is 22.3 Å². The standard InChI is InChI=1S/C15H16O3/c1-11-3-5-12(6-4-11)14(16)13-7-9-15(17,18-2)10-8-13/h3-9,17H,10H2,1-2H3. The molecule has 0 bridgehead atoms. The van der Waals surface area contributed by atoms with Crippen LogP contribution in [0.2, 0.25) is 0 Å². The summed E-state index contributed by atoms with van der Waals surface area (Å²) in [6, 6.07) is 7.44. The van der Waals surface area contributed by atoms with E-state index in [0.29, 0.717) is 11.1 Å². The van der Waals surface area contributed by atoms with Crippen molar-refractivity contribution in [3.8, 4) is 0 Å². The molecule has 1 N–H and O–H groups in total. The number of allylic oxidation sites excluding steroid dienone is 2. The molecule has 1 atom stereocenters. The summed E-state index contributed by atoms with van der Waals surface area (Å²) in [5.74, 6) is -1.32. The number of ether oxygens (including phenoxy) is 1. The Bertz CT molecular complexity index is 511. The molecule has 1 aliphatic carbocycles. The van der Waals surface area contributed by atoms with Gasteiger partial charge in [-0.3, -0.25) is 4.79 Å². The number of benzene rings is 1. The van der Waals surface area contributed by atoms with Gasteiger partial charge in [0.25, 0.3) is 0 Å². The Morgan fingerprint density at radius 2 is 2.00 bits per heavy atom. The van der Waals surface area contributed by atoms with E-state index < -0.39 is 5.79 Å². The van der Waals surface area contributed by atoms with Crippen molar-refractivity contribution in [1.82, 2.24) is 0 Å². The predicted molar refractivity (Wildman–Crippen MR) is 69.3 cm³/mol. The van der Waals surface area contributed by atoms with Gasteiger partial charge in [-0.1, -0.05) is 42.0 Å². The highest BCUT2D eigenvalue weighted by Crippen LogP contribution is 2.23. The van der Waals surface area contributed by atoms with E-state index in [-0.39, 0.29) is 12.2 Å². The minimum Gasteiger partial charge on any atom is -0.362 e. The first kappa shape index (κ1) is 12.7. The zero-order valence-electron chi connectivity index (χ0n) is 10.5. The molecule has 0 aromatic heterocycles. The zero-order valence-corrected chi connectivity index (χ0v) is 10.5. The van der Waals surface area contributed by atoms with Gasteiger partial charge in [-0.2, -0.15) is 0 Å². The number of rotatable bonds is 3. The molecule has 1 aromatic rings. The number of Topliss-reactive ketones (excluding diaryl/α,β-unsaturated/α-hetero) is 1. The molecule has 0 saturated carbocycles. The Balaban J connectivity index is 2.17. The second-order valence-electron chi connectivity index (χ2n) is 4.44. The fourth-order valence-electron chi connectivity index (χ4n) is 1.80. The largest absolute Gasteiger partial charge is 0.362 e. The minimum atomic E-state index is -1.28. The molecule has 1 aromatic carbocycles. The monoisotopic (exact) mass is 244 g/mol. The average Bonchev–Trinajstić information content (AvgIpc) is 2.40. The summed E-state index contributed by atoms with van der Waals surface area (Å²) in [5, 5.41) is 9.82. The molecule has 0 heterocycles. The molecule has 0 saturated heterocycles. The SMILES string of the molecule is COC1(O)C=CC(C(=O)c2ccc(C)cc2)=CC1. The van der Waals surface area contributed by atoms with Crippen LogP contribution in [-0.2, 0) is 4.74 Å². The number of hydrogen-bond donors (Lipinski definition) is 1. The van der Waals surface area contributed by atoms with E-state index in [4.69, 9.17) is 4.74 Å². The van der Waals surface area contributed by atoms with Gasteiger partial charge < -0.3 is 9.84 Å². The van der Waals surface area contributed by atoms with Crippen LogP contribution >= 0.6 is 0 Å². The number of aryl methyl sites for hydroxylation is 1. The van der Waals surface area contributed by atoms with Crippen LogP contribution in [0, 0.1) is 6.92 Å². The average molecular weight is 244 g/mol. The van der Waals surface area contributed by atoms with Gasteiger partial charge in [0.05, 0.1) is 0 Å². The first-order valence-corrected chi connectivity index (χ1v) is 5.82. The summed E-state index contributed by atoms with van der Waals surface area (Å²) >= 11 is 0. The van der Waals surface area contributed by atoms with Gasteiger partial charge in [0.1, 0.15) is 0 Å². The van der Waals surface area contributed by atoms with Crippen molar-refractivity contribution in [3.05, 3.63) is 59.2 Å². The highest BCUT2D eigenvalue weighted by molar-refractivity contribution is 6.10. The Labute approximate surface area is 106 Å². The predicted octanol–water partition coefficient (Wildman–Crippen LogP) is 2.40. The third-order valence-electron chi connectivity index (χ3n) is 3.07. The maximum absolute atomic E-state index is 12.2. The van der Waals surface area contributed by atoms with Crippen molar-refractivity contribution in [2.24, 2.45) is 0 Å². The smallest absolute Gasteiger partial charge is 0.192 e. The maximum Gasteiger partial charge on any atom is 0.192 e. The lowest BCUT2D eigenvalue weighted by atomic mass is 9.95. The number of carbonyl (C=O) groups is 1. The van der Waals surface area contributed by atoms with E-state index in [1.54, 1.807) is 12.2 Å². The zero-order chi connectivity index (χ0) is 13.2. The number of carbonyl (C=O) groups excluding carboxylic acids is 1. The van der Waals surface area contributed by atoms with E-state index in [0.717, 1.165) is 5.56 Å². The summed E-state index contributed by atoms with van der Waals surface area (Å²) in [6.07, 6.45) is 5.10. The molecule has 94 valence electrons. The fourth-order valence-corrected chi connectivity index (χ4v) is 1.80. The van der Waals surface area contributed by atoms with Gasteiger partial charge >= 0.3 is 0 Å². The summed E-state index contributed by atoms with van der Waals surface area (Å²) in [7, 11) is 1.44. The van der Waals surface area contributed by atoms with Crippen LogP contribution < -0.4 is 0 Å². The molecule has 0 fully saturated rings. The van der Waals surface area contributed by atoms with E-state index in [2.05, 4.69) is 0 Å². The van der Waals surface area contributed by atoms with Gasteiger partial charge in [-0.25, -0.2) is 0 Å². The molecular weight excluding hydrogens is 228 g/mol. The fraction of sp³-hybridized carbons (Fsp3) is 0.267. The van der Waals surface area contributed by atoms with Gasteiger partial charge in [-0.15, -0.1) is 0 Å². The lowest BCUT2D eigenvalue weighted by molar-refractivity contribution is -0.143. The van der Waals surface area contributed by atoms with E-state index >= 15 is 0 Å². The van der Waals surface area contributed by atoms with E-state index in [9.17, 15) is 9.90 Å². The number of hydrogen-bond acceptors (Lipinski definition) is 3. The molecule has 3 heteroatoms. The Morgan fingerprint density at radius 1 is 1.33 bits per heavy atom. The molecule has 0 spiro atoms. The molecule has 0 aliphatic heterocycles. The quantitative estimate of drug-likeness (QED) is 0.656. The lowest BCUT2D eigenvalue weighted by Crippen LogP contribution is -2.29. The Kier molecular flexibility index (Phi) is 3.45. The molecule has 0 radical (unpaired) electrons. The third-order valence-corrected chi connectivity index (χ3v) is 3.07. The van der Waals surface area contributed by atoms with Crippen LogP contribution in [0.25, 0.3) is 0 Å². The topological polar surface area (TPSA) is 46.5 Å². The van der Waals surface area contributed by atoms with Gasteiger partial charge in [0.2, 0.25) is 0 Å². The second-order valence-corrected chi connectivity index (χ2v) is 4.44. The maximum atomic E-state index is 12.2. The van der Waals surface area contributed by atoms with E-state index in [1.807, 2.05) is 31.2 Å². The minimum absolute atomic E-state index is 0.0376. The normalized spacial score (nSPS) is 22.7. The van der Waals surface area contributed by atoms with Gasteiger partial charge in [-0.05, 0) is 13.0 Å². The molecule has 18 heavy (non-hydrogen) atoms. The number of aliphatic hydroxyl groups is 1. The summed E-state index contributed by atoms with van der Waals surface area (Å²) < 4.78 is 4.94. The Hall–Kier alpha value is -1.71. The van der Waals surface area contributed by atoms with Crippen molar-refractivity contribution in [2.45, 2.75) is 19.1 Å². The van der Waals surface area contributed by atoms with Crippen LogP contribution in [0.5, 0.6) is 0 Å². The summed E-state index contributed by atoms with van der Waals surface area (Å²) in [4.78, 5) is 12.2. The van der Waals surface area contributed by atoms with Gasteiger partial charge in [0, 0.05) is 24.7 Å². The van der Waals surface area contributed by atoms with Crippen molar-refractivity contribution in [1.29, 1.82) is 0 Å². The van der Waals surface area contributed by atoms with Crippen molar-refractivity contribution >= 4 is 5.78 Å². The first-order valence-electron chi connectivity index (χ1n) is 5.82. The lowest BCUT2D eigenvalue weighted by Gasteiger charge is -2.24. The first-order chi connectivity index (χ1) is 8.54. The van der Waals surface area contributed by atoms with Crippen LogP contribution in [0.4, 0.5) is 0 Å². The molecule has 3 nitrogen and oxygen atoms in total. The highest BCUT2D eigenvalue weighted by atomic mass is 16.6. The highest BCUT2D eigenvalue weighted by Gasteiger charge is 2.25. The van der Waals surface area contributed by atoms with Crippen molar-refractivity contribution in [2.75, 3.05) is 7.11 Å². The Morgan fingerprint density at radius 3 is 2.50 bits per heavy atom. The molecule has 1 aliphatic rings. The van der Waals surface area contributed by atoms with Crippen molar-refractivity contribution < 1.29 is 14.6 Å². The number of methoxy groups -OCH3 is 1. The van der Waals surface area contributed by atoms with Crippen LogP contribution in [-0.4, -0.2) is 23.8 Å². The summed E-state index contributed by atoms with van der Waals surface area (Å²) in [6.45, 7) is 1.98.